The fourth-order valence-corrected chi connectivity index (χ4v) is 1.48. The highest BCUT2D eigenvalue weighted by Gasteiger charge is 2.32. The van der Waals surface area contributed by atoms with Gasteiger partial charge in [0, 0.05) is 6.54 Å². The Kier molecular flexibility index (Phi) is 5.27. The number of ether oxygens (including phenoxy) is 2. The first-order chi connectivity index (χ1) is 8.46. The summed E-state index contributed by atoms with van der Waals surface area (Å²) in [5.74, 6) is -0.293. The number of hydrogen-bond donors (Lipinski definition) is 1. The van der Waals surface area contributed by atoms with Crippen molar-refractivity contribution in [2.24, 2.45) is 5.73 Å². The fourth-order valence-electron chi connectivity index (χ4n) is 1.48. The van der Waals surface area contributed by atoms with Gasteiger partial charge in [-0.15, -0.1) is 13.2 Å². The minimum atomic E-state index is -4.73. The second-order valence-corrected chi connectivity index (χ2v) is 3.76. The number of rotatable bonds is 6. The summed E-state index contributed by atoms with van der Waals surface area (Å²) < 4.78 is 45.9. The molecule has 1 unspecified atom stereocenters. The first-order valence-corrected chi connectivity index (χ1v) is 5.67. The number of nitrogens with two attached hydrogens (primary N) is 1. The van der Waals surface area contributed by atoms with Crippen LogP contribution in [0.1, 0.15) is 19.8 Å². The van der Waals surface area contributed by atoms with Crippen LogP contribution in [0.15, 0.2) is 24.3 Å². The van der Waals surface area contributed by atoms with E-state index < -0.39 is 6.36 Å². The van der Waals surface area contributed by atoms with Gasteiger partial charge in [-0.05, 0) is 18.6 Å². The van der Waals surface area contributed by atoms with E-state index in [4.69, 9.17) is 10.5 Å². The summed E-state index contributed by atoms with van der Waals surface area (Å²) in [7, 11) is 0. The Morgan fingerprint density at radius 1 is 1.22 bits per heavy atom. The smallest absolute Gasteiger partial charge is 0.485 e. The van der Waals surface area contributed by atoms with E-state index in [1.807, 2.05) is 6.92 Å². The Balaban J connectivity index is 2.81. The molecule has 0 amide bonds. The molecule has 102 valence electrons. The second-order valence-electron chi connectivity index (χ2n) is 3.76. The Morgan fingerprint density at radius 3 is 2.33 bits per heavy atom. The summed E-state index contributed by atoms with van der Waals surface area (Å²) in [6.45, 7) is 2.19. The van der Waals surface area contributed by atoms with Crippen LogP contribution in [0.5, 0.6) is 11.5 Å². The quantitative estimate of drug-likeness (QED) is 0.857. The van der Waals surface area contributed by atoms with Crippen LogP contribution in [0.3, 0.4) is 0 Å². The predicted octanol–water partition coefficient (Wildman–Crippen LogP) is 3.09. The van der Waals surface area contributed by atoms with Crippen LogP contribution in [0.25, 0.3) is 0 Å². The number of para-hydroxylation sites is 2. The van der Waals surface area contributed by atoms with Crippen molar-refractivity contribution in [2.75, 3.05) is 6.54 Å². The van der Waals surface area contributed by atoms with Crippen molar-refractivity contribution in [3.8, 4) is 11.5 Å². The van der Waals surface area contributed by atoms with Gasteiger partial charge in [-0.1, -0.05) is 25.5 Å². The van der Waals surface area contributed by atoms with Gasteiger partial charge >= 0.3 is 6.36 Å². The van der Waals surface area contributed by atoms with Crippen LogP contribution in [0.4, 0.5) is 13.2 Å². The van der Waals surface area contributed by atoms with Crippen LogP contribution >= 0.6 is 0 Å². The van der Waals surface area contributed by atoms with Gasteiger partial charge in [-0.2, -0.15) is 0 Å². The van der Waals surface area contributed by atoms with E-state index >= 15 is 0 Å². The lowest BCUT2D eigenvalue weighted by atomic mass is 10.2. The minimum Gasteiger partial charge on any atom is -0.485 e. The maximum Gasteiger partial charge on any atom is 0.573 e. The maximum atomic E-state index is 12.2. The lowest BCUT2D eigenvalue weighted by molar-refractivity contribution is -0.275. The molecule has 0 bridgehead atoms. The van der Waals surface area contributed by atoms with E-state index in [-0.39, 0.29) is 24.1 Å². The molecule has 0 aromatic heterocycles. The van der Waals surface area contributed by atoms with Crippen LogP contribution in [-0.4, -0.2) is 19.0 Å². The molecule has 18 heavy (non-hydrogen) atoms. The Labute approximate surface area is 104 Å². The molecule has 1 atom stereocenters. The van der Waals surface area contributed by atoms with Crippen molar-refractivity contribution < 1.29 is 22.6 Å². The molecule has 0 saturated heterocycles. The number of alkyl halides is 3. The molecule has 0 spiro atoms. The molecule has 6 heteroatoms. The number of benzene rings is 1. The average Bonchev–Trinajstić information content (AvgIpc) is 2.29. The highest BCUT2D eigenvalue weighted by atomic mass is 19.4. The zero-order chi connectivity index (χ0) is 13.6. The van der Waals surface area contributed by atoms with Gasteiger partial charge in [-0.3, -0.25) is 0 Å². The SMILES string of the molecule is CCCC(CN)Oc1ccccc1OC(F)(F)F. The van der Waals surface area contributed by atoms with Crippen LogP contribution in [0.2, 0.25) is 0 Å². The maximum absolute atomic E-state index is 12.2. The molecule has 0 aliphatic heterocycles. The second kappa shape index (κ2) is 6.49. The highest BCUT2D eigenvalue weighted by molar-refractivity contribution is 5.39. The standard InChI is InChI=1S/C12H16F3NO2/c1-2-5-9(8-16)17-10-6-3-4-7-11(10)18-12(13,14)15/h3-4,6-7,9H,2,5,8,16H2,1H3. The van der Waals surface area contributed by atoms with Crippen molar-refractivity contribution in [3.05, 3.63) is 24.3 Å². The molecule has 0 aliphatic rings. The summed E-state index contributed by atoms with van der Waals surface area (Å²) in [5.41, 5.74) is 5.50. The molecular weight excluding hydrogens is 247 g/mol. The molecule has 3 nitrogen and oxygen atoms in total. The molecule has 0 radical (unpaired) electrons. The van der Waals surface area contributed by atoms with Gasteiger partial charge in [0.1, 0.15) is 6.10 Å². The summed E-state index contributed by atoms with van der Waals surface area (Å²) in [6.07, 6.45) is -3.53. The first kappa shape index (κ1) is 14.6. The highest BCUT2D eigenvalue weighted by Crippen LogP contribution is 2.32. The van der Waals surface area contributed by atoms with Crippen LogP contribution in [0, 0.1) is 0 Å². The van der Waals surface area contributed by atoms with Gasteiger partial charge in [0.15, 0.2) is 11.5 Å². The average molecular weight is 263 g/mol. The summed E-state index contributed by atoms with van der Waals surface area (Å²) in [4.78, 5) is 0. The zero-order valence-corrected chi connectivity index (χ0v) is 10.0. The van der Waals surface area contributed by atoms with E-state index in [9.17, 15) is 13.2 Å². The van der Waals surface area contributed by atoms with Crippen molar-refractivity contribution >= 4 is 0 Å². The predicted molar refractivity (Wildman–Crippen MR) is 61.5 cm³/mol. The number of halogens is 3. The summed E-state index contributed by atoms with van der Waals surface area (Å²) in [6, 6.07) is 5.67. The molecule has 0 saturated carbocycles. The Bertz CT molecular complexity index is 369. The van der Waals surface area contributed by atoms with Crippen molar-refractivity contribution in [1.82, 2.24) is 0 Å². The van der Waals surface area contributed by atoms with E-state index in [2.05, 4.69) is 4.74 Å². The molecule has 0 heterocycles. The minimum absolute atomic E-state index is 0.0544. The molecule has 2 N–H and O–H groups in total. The molecular formula is C12H16F3NO2. The van der Waals surface area contributed by atoms with Gasteiger partial charge < -0.3 is 15.2 Å². The molecule has 0 fully saturated rings. The lowest BCUT2D eigenvalue weighted by Gasteiger charge is -2.19. The summed E-state index contributed by atoms with van der Waals surface area (Å²) >= 11 is 0. The van der Waals surface area contributed by atoms with E-state index in [0.717, 1.165) is 6.42 Å². The molecule has 0 aliphatic carbocycles. The Morgan fingerprint density at radius 2 is 1.83 bits per heavy atom. The third-order valence-corrected chi connectivity index (χ3v) is 2.24. The summed E-state index contributed by atoms with van der Waals surface area (Å²) in [5, 5.41) is 0. The monoisotopic (exact) mass is 263 g/mol. The van der Waals surface area contributed by atoms with E-state index in [1.165, 1.54) is 18.2 Å². The largest absolute Gasteiger partial charge is 0.573 e. The fraction of sp³-hybridized carbons (Fsp3) is 0.500. The van der Waals surface area contributed by atoms with Crippen molar-refractivity contribution in [2.45, 2.75) is 32.2 Å². The van der Waals surface area contributed by atoms with Crippen molar-refractivity contribution in [3.63, 3.8) is 0 Å². The van der Waals surface area contributed by atoms with Crippen LogP contribution in [-0.2, 0) is 0 Å². The third-order valence-electron chi connectivity index (χ3n) is 2.24. The number of hydrogen-bond acceptors (Lipinski definition) is 3. The van der Waals surface area contributed by atoms with Gasteiger partial charge in [-0.25, -0.2) is 0 Å². The third kappa shape index (κ3) is 4.83. The normalized spacial score (nSPS) is 13.2. The van der Waals surface area contributed by atoms with E-state index in [0.29, 0.717) is 6.42 Å². The Hall–Kier alpha value is -1.43. The first-order valence-electron chi connectivity index (χ1n) is 5.67. The molecule has 1 aromatic rings. The van der Waals surface area contributed by atoms with Gasteiger partial charge in [0.25, 0.3) is 0 Å². The van der Waals surface area contributed by atoms with Crippen LogP contribution < -0.4 is 15.2 Å². The van der Waals surface area contributed by atoms with Crippen molar-refractivity contribution in [1.29, 1.82) is 0 Å². The topological polar surface area (TPSA) is 44.5 Å². The molecule has 1 aromatic carbocycles. The van der Waals surface area contributed by atoms with Gasteiger partial charge in [0.2, 0.25) is 0 Å². The van der Waals surface area contributed by atoms with Gasteiger partial charge in [0.05, 0.1) is 0 Å². The zero-order valence-electron chi connectivity index (χ0n) is 10.0. The lowest BCUT2D eigenvalue weighted by Crippen LogP contribution is -2.27. The molecule has 1 rings (SSSR count). The van der Waals surface area contributed by atoms with E-state index in [1.54, 1.807) is 6.07 Å².